The number of hydrogen-bond acceptors (Lipinski definition) is 1. The van der Waals surface area contributed by atoms with Gasteiger partial charge in [-0.15, -0.1) is 0 Å². The Hall–Kier alpha value is -3.53. The zero-order valence-corrected chi connectivity index (χ0v) is 15.1. The molecule has 0 atom stereocenters. The lowest BCUT2D eigenvalue weighted by Gasteiger charge is -2.08. The molecule has 0 amide bonds. The molecule has 0 N–H and O–H groups in total. The maximum atomic E-state index is 13.4. The molecular weight excluding hydrogens is 354 g/mol. The third-order valence-corrected chi connectivity index (χ3v) is 4.61. The highest BCUT2D eigenvalue weighted by molar-refractivity contribution is 5.68. The van der Waals surface area contributed by atoms with Crippen LogP contribution in [0.5, 0.6) is 0 Å². The van der Waals surface area contributed by atoms with Crippen molar-refractivity contribution in [3.63, 3.8) is 0 Å². The molecule has 0 unspecified atom stereocenters. The molecule has 0 aliphatic carbocycles. The predicted molar refractivity (Wildman–Crippen MR) is 109 cm³/mol. The van der Waals surface area contributed by atoms with Gasteiger partial charge in [0.15, 0.2) is 0 Å². The van der Waals surface area contributed by atoms with Crippen molar-refractivity contribution >= 4 is 6.08 Å². The average Bonchev–Trinajstić information content (AvgIpc) is 3.13. The monoisotopic (exact) mass is 372 g/mol. The molecule has 4 heteroatoms. The summed E-state index contributed by atoms with van der Waals surface area (Å²) in [6.07, 6.45) is 1.80. The van der Waals surface area contributed by atoms with E-state index >= 15 is 0 Å². The third kappa shape index (κ3) is 3.76. The molecule has 4 aromatic rings. The van der Waals surface area contributed by atoms with Crippen LogP contribution in [0.25, 0.3) is 28.6 Å². The number of benzene rings is 3. The smallest absolute Gasteiger partial charge is 0.123 e. The van der Waals surface area contributed by atoms with Crippen LogP contribution < -0.4 is 0 Å². The van der Waals surface area contributed by atoms with Crippen LogP contribution in [0.15, 0.2) is 85.4 Å². The SMILES string of the molecule is C=Cc1ccc(Cn2nc(-c3ccc(F)cc3)cc2-c2ccc(F)cc2)cc1. The Balaban J connectivity index is 1.76. The van der Waals surface area contributed by atoms with E-state index in [1.54, 1.807) is 30.3 Å². The van der Waals surface area contributed by atoms with Crippen molar-refractivity contribution in [1.29, 1.82) is 0 Å². The van der Waals surface area contributed by atoms with Crippen LogP contribution in [-0.2, 0) is 6.54 Å². The minimum absolute atomic E-state index is 0.284. The summed E-state index contributed by atoms with van der Waals surface area (Å²) in [6.45, 7) is 4.33. The Bertz CT molecular complexity index is 1090. The van der Waals surface area contributed by atoms with Gasteiger partial charge in [-0.25, -0.2) is 8.78 Å². The zero-order chi connectivity index (χ0) is 19.5. The van der Waals surface area contributed by atoms with Gasteiger partial charge in [-0.1, -0.05) is 36.9 Å². The van der Waals surface area contributed by atoms with Gasteiger partial charge in [0.05, 0.1) is 17.9 Å². The molecule has 4 rings (SSSR count). The van der Waals surface area contributed by atoms with Gasteiger partial charge in [0.1, 0.15) is 11.6 Å². The van der Waals surface area contributed by atoms with Crippen molar-refractivity contribution in [3.05, 3.63) is 108 Å². The van der Waals surface area contributed by atoms with E-state index in [4.69, 9.17) is 5.10 Å². The first kappa shape index (κ1) is 17.9. The molecule has 3 aromatic carbocycles. The molecule has 28 heavy (non-hydrogen) atoms. The largest absolute Gasteiger partial charge is 0.260 e. The van der Waals surface area contributed by atoms with Crippen molar-refractivity contribution in [1.82, 2.24) is 9.78 Å². The van der Waals surface area contributed by atoms with E-state index in [1.165, 1.54) is 24.3 Å². The van der Waals surface area contributed by atoms with E-state index in [9.17, 15) is 8.78 Å². The fraction of sp³-hybridized carbons (Fsp3) is 0.0417. The minimum Gasteiger partial charge on any atom is -0.260 e. The van der Waals surface area contributed by atoms with Crippen LogP contribution in [0, 0.1) is 11.6 Å². The van der Waals surface area contributed by atoms with Gasteiger partial charge in [-0.2, -0.15) is 5.10 Å². The van der Waals surface area contributed by atoms with Gasteiger partial charge in [0.2, 0.25) is 0 Å². The summed E-state index contributed by atoms with van der Waals surface area (Å²) < 4.78 is 28.5. The van der Waals surface area contributed by atoms with Crippen LogP contribution in [0.2, 0.25) is 0 Å². The number of hydrogen-bond donors (Lipinski definition) is 0. The van der Waals surface area contributed by atoms with Gasteiger partial charge < -0.3 is 0 Å². The maximum absolute atomic E-state index is 13.4. The topological polar surface area (TPSA) is 17.8 Å². The Kier molecular flexibility index (Phi) is 4.85. The molecule has 2 nitrogen and oxygen atoms in total. The predicted octanol–water partition coefficient (Wildman–Crippen LogP) is 6.19. The first-order valence-electron chi connectivity index (χ1n) is 8.93. The summed E-state index contributed by atoms with van der Waals surface area (Å²) in [4.78, 5) is 0. The normalized spacial score (nSPS) is 10.8. The van der Waals surface area contributed by atoms with Crippen LogP contribution in [0.3, 0.4) is 0 Å². The van der Waals surface area contributed by atoms with Crippen LogP contribution >= 0.6 is 0 Å². The summed E-state index contributed by atoms with van der Waals surface area (Å²) in [7, 11) is 0. The van der Waals surface area contributed by atoms with Gasteiger partial charge in [-0.05, 0) is 65.7 Å². The van der Waals surface area contributed by atoms with E-state index in [1.807, 2.05) is 35.0 Å². The molecule has 0 fully saturated rings. The summed E-state index contributed by atoms with van der Waals surface area (Å²) in [5.41, 5.74) is 5.43. The fourth-order valence-electron chi connectivity index (χ4n) is 3.08. The second-order valence-electron chi connectivity index (χ2n) is 6.53. The Labute approximate surface area is 162 Å². The molecule has 138 valence electrons. The van der Waals surface area contributed by atoms with E-state index in [-0.39, 0.29) is 11.6 Å². The Morgan fingerprint density at radius 3 is 1.93 bits per heavy atom. The molecule has 0 saturated carbocycles. The molecule has 0 bridgehead atoms. The number of rotatable bonds is 5. The standard InChI is InChI=1S/C24H18F2N2/c1-2-17-3-5-18(6-4-17)16-28-24(20-9-13-22(26)14-10-20)15-23(27-28)19-7-11-21(25)12-8-19/h2-15H,1,16H2. The zero-order valence-electron chi connectivity index (χ0n) is 15.1. The minimum atomic E-state index is -0.288. The van der Waals surface area contributed by atoms with Crippen molar-refractivity contribution < 1.29 is 8.78 Å². The first-order chi connectivity index (χ1) is 13.6. The summed E-state index contributed by atoms with van der Waals surface area (Å²) in [6, 6.07) is 22.6. The summed E-state index contributed by atoms with van der Waals surface area (Å²) >= 11 is 0. The highest BCUT2D eigenvalue weighted by Gasteiger charge is 2.12. The summed E-state index contributed by atoms with van der Waals surface area (Å²) in [5, 5.41) is 4.73. The summed E-state index contributed by atoms with van der Waals surface area (Å²) in [5.74, 6) is -0.571. The van der Waals surface area contributed by atoms with E-state index in [2.05, 4.69) is 6.58 Å². The van der Waals surface area contributed by atoms with Gasteiger partial charge in [-0.3, -0.25) is 4.68 Å². The molecule has 0 aliphatic heterocycles. The van der Waals surface area contributed by atoms with Crippen LogP contribution in [-0.4, -0.2) is 9.78 Å². The lowest BCUT2D eigenvalue weighted by molar-refractivity contribution is 0.627. The second kappa shape index (κ2) is 7.61. The second-order valence-corrected chi connectivity index (χ2v) is 6.53. The Morgan fingerprint density at radius 2 is 1.36 bits per heavy atom. The molecule has 0 spiro atoms. The molecule has 1 heterocycles. The Morgan fingerprint density at radius 1 is 0.786 bits per heavy atom. The van der Waals surface area contributed by atoms with Crippen molar-refractivity contribution in [3.8, 4) is 22.5 Å². The van der Waals surface area contributed by atoms with Gasteiger partial charge in [0, 0.05) is 11.1 Å². The number of halogens is 2. The van der Waals surface area contributed by atoms with Gasteiger partial charge in [0.25, 0.3) is 0 Å². The highest BCUT2D eigenvalue weighted by atomic mass is 19.1. The molecule has 0 saturated heterocycles. The fourth-order valence-corrected chi connectivity index (χ4v) is 3.08. The third-order valence-electron chi connectivity index (χ3n) is 4.61. The lowest BCUT2D eigenvalue weighted by atomic mass is 10.1. The average molecular weight is 372 g/mol. The number of nitrogens with zero attached hydrogens (tertiary/aromatic N) is 2. The van der Waals surface area contributed by atoms with Crippen LogP contribution in [0.1, 0.15) is 11.1 Å². The van der Waals surface area contributed by atoms with Crippen molar-refractivity contribution in [2.24, 2.45) is 0 Å². The maximum Gasteiger partial charge on any atom is 0.123 e. The van der Waals surface area contributed by atoms with Gasteiger partial charge >= 0.3 is 0 Å². The van der Waals surface area contributed by atoms with E-state index in [0.29, 0.717) is 6.54 Å². The quantitative estimate of drug-likeness (QED) is 0.409. The van der Waals surface area contributed by atoms with E-state index < -0.39 is 0 Å². The van der Waals surface area contributed by atoms with Crippen molar-refractivity contribution in [2.45, 2.75) is 6.54 Å². The molecular formula is C24H18F2N2. The van der Waals surface area contributed by atoms with Crippen LogP contribution in [0.4, 0.5) is 8.78 Å². The molecule has 0 radical (unpaired) electrons. The highest BCUT2D eigenvalue weighted by Crippen LogP contribution is 2.27. The first-order valence-corrected chi connectivity index (χ1v) is 8.93. The van der Waals surface area contributed by atoms with E-state index in [0.717, 1.165) is 33.6 Å². The molecule has 0 aliphatic rings. The number of aromatic nitrogens is 2. The van der Waals surface area contributed by atoms with Crippen molar-refractivity contribution in [2.75, 3.05) is 0 Å². The molecule has 1 aromatic heterocycles. The lowest BCUT2D eigenvalue weighted by Crippen LogP contribution is -2.04.